The summed E-state index contributed by atoms with van der Waals surface area (Å²) in [4.78, 5) is 11.8. The van der Waals surface area contributed by atoms with Crippen molar-refractivity contribution < 1.29 is 19.4 Å². The van der Waals surface area contributed by atoms with Crippen LogP contribution in [-0.2, 0) is 16.0 Å². The molecule has 0 atom stereocenters. The topological polar surface area (TPSA) is 55.8 Å². The maximum atomic E-state index is 11.8. The zero-order chi connectivity index (χ0) is 17.9. The van der Waals surface area contributed by atoms with E-state index in [-0.39, 0.29) is 5.75 Å². The smallest absolute Gasteiger partial charge is 0.330 e. The van der Waals surface area contributed by atoms with Crippen molar-refractivity contribution in [3.05, 3.63) is 65.7 Å². The highest BCUT2D eigenvalue weighted by Crippen LogP contribution is 2.27. The fraction of sp³-hybridized carbons (Fsp3) is 0.286. The first-order chi connectivity index (χ1) is 12.2. The molecule has 4 nitrogen and oxygen atoms in total. The molecule has 25 heavy (non-hydrogen) atoms. The van der Waals surface area contributed by atoms with Crippen LogP contribution in [0.25, 0.3) is 6.08 Å². The molecule has 0 aliphatic carbocycles. The van der Waals surface area contributed by atoms with E-state index in [1.807, 2.05) is 30.3 Å². The average Bonchev–Trinajstić information content (AvgIpc) is 2.63. The van der Waals surface area contributed by atoms with Crippen LogP contribution in [0.5, 0.6) is 11.5 Å². The van der Waals surface area contributed by atoms with Gasteiger partial charge in [0.15, 0.2) is 11.5 Å². The molecule has 0 saturated heterocycles. The standard InChI is InChI=1S/C21H24O4/c1-2-3-14-24-20-16-18(9-11-19(20)22)10-12-21(23)25-15-13-17-7-5-4-6-8-17/h4-12,16,22H,2-3,13-15H2,1H3/b12-10-. The van der Waals surface area contributed by atoms with Gasteiger partial charge < -0.3 is 14.6 Å². The first-order valence-electron chi connectivity index (χ1n) is 8.53. The molecule has 2 aromatic rings. The minimum atomic E-state index is -0.391. The van der Waals surface area contributed by atoms with Gasteiger partial charge in [0.1, 0.15) is 0 Å². The molecular weight excluding hydrogens is 316 g/mol. The molecule has 0 saturated carbocycles. The van der Waals surface area contributed by atoms with Crippen LogP contribution < -0.4 is 4.74 Å². The predicted molar refractivity (Wildman–Crippen MR) is 98.6 cm³/mol. The number of aromatic hydroxyl groups is 1. The third-order valence-corrected chi connectivity index (χ3v) is 3.63. The van der Waals surface area contributed by atoms with Crippen molar-refractivity contribution in [1.29, 1.82) is 0 Å². The van der Waals surface area contributed by atoms with Crippen LogP contribution in [0.3, 0.4) is 0 Å². The molecule has 0 aliphatic rings. The van der Waals surface area contributed by atoms with Gasteiger partial charge in [-0.05, 0) is 35.8 Å². The van der Waals surface area contributed by atoms with Crippen molar-refractivity contribution in [3.8, 4) is 11.5 Å². The van der Waals surface area contributed by atoms with Crippen molar-refractivity contribution >= 4 is 12.0 Å². The molecule has 1 N–H and O–H groups in total. The summed E-state index contributed by atoms with van der Waals surface area (Å²) in [6.45, 7) is 2.97. The zero-order valence-electron chi connectivity index (χ0n) is 14.5. The quantitative estimate of drug-likeness (QED) is 0.418. The number of esters is 1. The number of benzene rings is 2. The highest BCUT2D eigenvalue weighted by molar-refractivity contribution is 5.87. The molecule has 0 aliphatic heterocycles. The second kappa shape index (κ2) is 10.2. The first kappa shape index (κ1) is 18.6. The molecule has 0 spiro atoms. The monoisotopic (exact) mass is 340 g/mol. The Kier molecular flexibility index (Phi) is 7.57. The molecule has 0 bridgehead atoms. The Morgan fingerprint density at radius 1 is 1.12 bits per heavy atom. The second-order valence-corrected chi connectivity index (χ2v) is 5.67. The van der Waals surface area contributed by atoms with Crippen molar-refractivity contribution in [1.82, 2.24) is 0 Å². The van der Waals surface area contributed by atoms with E-state index in [2.05, 4.69) is 6.92 Å². The molecule has 0 amide bonds. The highest BCUT2D eigenvalue weighted by Gasteiger charge is 2.03. The van der Waals surface area contributed by atoms with E-state index in [1.54, 1.807) is 24.3 Å². The molecule has 4 heteroatoms. The summed E-state index contributed by atoms with van der Waals surface area (Å²) in [5.41, 5.74) is 1.90. The normalized spacial score (nSPS) is 10.8. The molecule has 0 fully saturated rings. The molecule has 2 aromatic carbocycles. The summed E-state index contributed by atoms with van der Waals surface area (Å²) < 4.78 is 10.7. The van der Waals surface area contributed by atoms with Gasteiger partial charge in [0.25, 0.3) is 0 Å². The minimum absolute atomic E-state index is 0.0960. The fourth-order valence-electron chi connectivity index (χ4n) is 2.20. The Morgan fingerprint density at radius 3 is 2.68 bits per heavy atom. The van der Waals surface area contributed by atoms with Gasteiger partial charge in [-0.1, -0.05) is 49.7 Å². The van der Waals surface area contributed by atoms with E-state index in [0.29, 0.717) is 25.4 Å². The largest absolute Gasteiger partial charge is 0.504 e. The summed E-state index contributed by atoms with van der Waals surface area (Å²) in [5.74, 6) is 0.129. The van der Waals surface area contributed by atoms with Gasteiger partial charge in [0, 0.05) is 12.5 Å². The number of unbranched alkanes of at least 4 members (excludes halogenated alkanes) is 1. The van der Waals surface area contributed by atoms with E-state index in [4.69, 9.17) is 9.47 Å². The first-order valence-corrected chi connectivity index (χ1v) is 8.53. The van der Waals surface area contributed by atoms with Gasteiger partial charge in [-0.3, -0.25) is 0 Å². The summed E-state index contributed by atoms with van der Waals surface area (Å²) in [6, 6.07) is 14.9. The third-order valence-electron chi connectivity index (χ3n) is 3.63. The van der Waals surface area contributed by atoms with Crippen LogP contribution in [-0.4, -0.2) is 24.3 Å². The predicted octanol–water partition coefficient (Wildman–Crippen LogP) is 4.37. The number of phenolic OH excluding ortho intramolecular Hbond substituents is 1. The van der Waals surface area contributed by atoms with E-state index >= 15 is 0 Å². The molecule has 0 radical (unpaired) electrons. The molecule has 2 rings (SSSR count). The number of ether oxygens (including phenoxy) is 2. The lowest BCUT2D eigenvalue weighted by atomic mass is 10.2. The minimum Gasteiger partial charge on any atom is -0.504 e. The third kappa shape index (κ3) is 6.71. The number of hydrogen-bond acceptors (Lipinski definition) is 4. The van der Waals surface area contributed by atoms with Crippen molar-refractivity contribution in [2.45, 2.75) is 26.2 Å². The van der Waals surface area contributed by atoms with Gasteiger partial charge >= 0.3 is 5.97 Å². The van der Waals surface area contributed by atoms with Crippen molar-refractivity contribution in [2.24, 2.45) is 0 Å². The Morgan fingerprint density at radius 2 is 1.92 bits per heavy atom. The number of phenols is 1. The lowest BCUT2D eigenvalue weighted by molar-refractivity contribution is -0.137. The SMILES string of the molecule is CCCCOc1cc(/C=C\C(=O)OCCc2ccccc2)ccc1O. The maximum absolute atomic E-state index is 11.8. The van der Waals surface area contributed by atoms with Gasteiger partial charge in [-0.15, -0.1) is 0 Å². The van der Waals surface area contributed by atoms with E-state index in [0.717, 1.165) is 24.0 Å². The lowest BCUT2D eigenvalue weighted by Gasteiger charge is -2.08. The van der Waals surface area contributed by atoms with Gasteiger partial charge in [-0.2, -0.15) is 0 Å². The summed E-state index contributed by atoms with van der Waals surface area (Å²) >= 11 is 0. The second-order valence-electron chi connectivity index (χ2n) is 5.67. The molecular formula is C21H24O4. The van der Waals surface area contributed by atoms with Crippen LogP contribution in [0.2, 0.25) is 0 Å². The average molecular weight is 340 g/mol. The Hall–Kier alpha value is -2.75. The Labute approximate surface area is 148 Å². The highest BCUT2D eigenvalue weighted by atomic mass is 16.5. The summed E-state index contributed by atoms with van der Waals surface area (Å²) in [6.07, 6.45) is 5.67. The van der Waals surface area contributed by atoms with Crippen LogP contribution >= 0.6 is 0 Å². The summed E-state index contributed by atoms with van der Waals surface area (Å²) in [5, 5.41) is 9.80. The Bertz CT molecular complexity index is 692. The van der Waals surface area contributed by atoms with Gasteiger partial charge in [-0.25, -0.2) is 4.79 Å². The van der Waals surface area contributed by atoms with Crippen molar-refractivity contribution in [2.75, 3.05) is 13.2 Å². The lowest BCUT2D eigenvalue weighted by Crippen LogP contribution is -2.04. The van der Waals surface area contributed by atoms with Crippen LogP contribution in [0.15, 0.2) is 54.6 Å². The van der Waals surface area contributed by atoms with E-state index < -0.39 is 5.97 Å². The molecule has 0 heterocycles. The molecule has 0 unspecified atom stereocenters. The molecule has 0 aromatic heterocycles. The van der Waals surface area contributed by atoms with Crippen LogP contribution in [0, 0.1) is 0 Å². The van der Waals surface area contributed by atoms with Gasteiger partial charge in [0.2, 0.25) is 0 Å². The Balaban J connectivity index is 1.83. The fourth-order valence-corrected chi connectivity index (χ4v) is 2.20. The zero-order valence-corrected chi connectivity index (χ0v) is 14.5. The van der Waals surface area contributed by atoms with Crippen molar-refractivity contribution in [3.63, 3.8) is 0 Å². The number of rotatable bonds is 9. The van der Waals surface area contributed by atoms with Crippen LogP contribution in [0.4, 0.5) is 0 Å². The number of hydrogen-bond donors (Lipinski definition) is 1. The van der Waals surface area contributed by atoms with Crippen LogP contribution in [0.1, 0.15) is 30.9 Å². The van der Waals surface area contributed by atoms with E-state index in [1.165, 1.54) is 6.08 Å². The summed E-state index contributed by atoms with van der Waals surface area (Å²) in [7, 11) is 0. The maximum Gasteiger partial charge on any atom is 0.330 e. The van der Waals surface area contributed by atoms with Gasteiger partial charge in [0.05, 0.1) is 13.2 Å². The number of carbonyl (C=O) groups excluding carboxylic acids is 1. The number of carbonyl (C=O) groups is 1. The molecule has 132 valence electrons. The van der Waals surface area contributed by atoms with E-state index in [9.17, 15) is 9.90 Å².